The summed E-state index contributed by atoms with van der Waals surface area (Å²) in [4.78, 5) is 12.7. The predicted octanol–water partition coefficient (Wildman–Crippen LogP) is 6.58. The summed E-state index contributed by atoms with van der Waals surface area (Å²) in [7, 11) is 0. The van der Waals surface area contributed by atoms with Gasteiger partial charge in [-0.05, 0) is 56.0 Å². The lowest BCUT2D eigenvalue weighted by Crippen LogP contribution is -2.33. The highest BCUT2D eigenvalue weighted by atomic mass is 79.9. The SMILES string of the molecule is CC[C@](Br)(C(=O)Oc1c(Br)cc(Br)cc1Br)c1ccccc1. The van der Waals surface area contributed by atoms with Crippen molar-refractivity contribution in [3.05, 3.63) is 61.4 Å². The van der Waals surface area contributed by atoms with Gasteiger partial charge in [-0.15, -0.1) is 0 Å². The Balaban J connectivity index is 2.35. The minimum absolute atomic E-state index is 0.357. The first kappa shape index (κ1) is 18.2. The lowest BCUT2D eigenvalue weighted by Gasteiger charge is -2.25. The van der Waals surface area contributed by atoms with E-state index in [0.29, 0.717) is 21.1 Å². The summed E-state index contributed by atoms with van der Waals surface area (Å²) >= 11 is 13.8. The molecule has 22 heavy (non-hydrogen) atoms. The fourth-order valence-electron chi connectivity index (χ4n) is 1.97. The molecule has 0 aliphatic heterocycles. The minimum Gasteiger partial charge on any atom is -0.423 e. The van der Waals surface area contributed by atoms with Crippen molar-refractivity contribution in [3.63, 3.8) is 0 Å². The minimum atomic E-state index is -0.875. The van der Waals surface area contributed by atoms with Crippen molar-refractivity contribution in [2.75, 3.05) is 0 Å². The smallest absolute Gasteiger partial charge is 0.332 e. The molecule has 6 heteroatoms. The van der Waals surface area contributed by atoms with Gasteiger partial charge in [-0.25, -0.2) is 4.79 Å². The molecule has 2 aromatic rings. The molecule has 0 saturated carbocycles. The average molecular weight is 556 g/mol. The first-order chi connectivity index (χ1) is 10.4. The van der Waals surface area contributed by atoms with Crippen LogP contribution in [0.15, 0.2) is 55.9 Å². The molecule has 1 atom stereocenters. The average Bonchev–Trinajstić information content (AvgIpc) is 2.50. The second kappa shape index (κ2) is 7.60. The van der Waals surface area contributed by atoms with E-state index in [1.807, 2.05) is 49.4 Å². The first-order valence-electron chi connectivity index (χ1n) is 6.49. The van der Waals surface area contributed by atoms with Gasteiger partial charge in [0.15, 0.2) is 5.75 Å². The van der Waals surface area contributed by atoms with Crippen molar-refractivity contribution < 1.29 is 9.53 Å². The molecule has 0 radical (unpaired) electrons. The van der Waals surface area contributed by atoms with Crippen LogP contribution in [-0.4, -0.2) is 5.97 Å². The zero-order valence-electron chi connectivity index (χ0n) is 11.6. The topological polar surface area (TPSA) is 26.3 Å². The summed E-state index contributed by atoms with van der Waals surface area (Å²) < 4.78 is 7.04. The highest BCUT2D eigenvalue weighted by molar-refractivity contribution is 9.11. The van der Waals surface area contributed by atoms with Gasteiger partial charge < -0.3 is 4.74 Å². The van der Waals surface area contributed by atoms with Crippen LogP contribution in [-0.2, 0) is 9.12 Å². The van der Waals surface area contributed by atoms with Crippen molar-refractivity contribution in [2.24, 2.45) is 0 Å². The third-order valence-electron chi connectivity index (χ3n) is 3.20. The Kier molecular flexibility index (Phi) is 6.28. The molecule has 2 nitrogen and oxygen atoms in total. The highest BCUT2D eigenvalue weighted by Gasteiger charge is 2.38. The summed E-state index contributed by atoms with van der Waals surface area (Å²) in [6.45, 7) is 1.94. The molecule has 0 amide bonds. The number of rotatable bonds is 4. The number of ether oxygens (including phenoxy) is 1. The van der Waals surface area contributed by atoms with Crippen molar-refractivity contribution >= 4 is 69.7 Å². The summed E-state index contributed by atoms with van der Waals surface area (Å²) in [6, 6.07) is 13.2. The molecule has 0 unspecified atom stereocenters. The normalized spacial score (nSPS) is 13.5. The van der Waals surface area contributed by atoms with Crippen LogP contribution in [0, 0.1) is 0 Å². The quantitative estimate of drug-likeness (QED) is 0.242. The van der Waals surface area contributed by atoms with Crippen LogP contribution in [0.25, 0.3) is 0 Å². The van der Waals surface area contributed by atoms with Gasteiger partial charge in [-0.1, -0.05) is 69.1 Å². The van der Waals surface area contributed by atoms with Crippen molar-refractivity contribution in [1.82, 2.24) is 0 Å². The van der Waals surface area contributed by atoms with E-state index < -0.39 is 4.32 Å². The summed E-state index contributed by atoms with van der Waals surface area (Å²) in [5.41, 5.74) is 0.867. The van der Waals surface area contributed by atoms with E-state index in [0.717, 1.165) is 10.0 Å². The fourth-order valence-corrected chi connectivity index (χ4v) is 4.73. The molecule has 0 fully saturated rings. The van der Waals surface area contributed by atoms with Crippen LogP contribution < -0.4 is 4.74 Å². The molecule has 116 valence electrons. The number of esters is 1. The number of alkyl halides is 1. The van der Waals surface area contributed by atoms with Gasteiger partial charge >= 0.3 is 5.97 Å². The Bertz CT molecular complexity index is 665. The van der Waals surface area contributed by atoms with Crippen LogP contribution in [0.5, 0.6) is 5.75 Å². The van der Waals surface area contributed by atoms with E-state index in [9.17, 15) is 4.79 Å². The molecule has 0 aliphatic carbocycles. The zero-order valence-corrected chi connectivity index (χ0v) is 17.9. The molecule has 0 aliphatic rings. The van der Waals surface area contributed by atoms with Crippen molar-refractivity contribution in [3.8, 4) is 5.75 Å². The van der Waals surface area contributed by atoms with Crippen LogP contribution >= 0.6 is 63.7 Å². The largest absolute Gasteiger partial charge is 0.423 e. The summed E-state index contributed by atoms with van der Waals surface area (Å²) in [6.07, 6.45) is 0.571. The van der Waals surface area contributed by atoms with Crippen LogP contribution in [0.2, 0.25) is 0 Å². The maximum Gasteiger partial charge on any atom is 0.332 e. The molecule has 0 heterocycles. The Morgan fingerprint density at radius 2 is 1.64 bits per heavy atom. The number of hydrogen-bond donors (Lipinski definition) is 0. The number of carbonyl (C=O) groups excluding carboxylic acids is 1. The maximum atomic E-state index is 12.7. The zero-order chi connectivity index (χ0) is 16.3. The number of carbonyl (C=O) groups is 1. The van der Waals surface area contributed by atoms with Gasteiger partial charge in [0.1, 0.15) is 4.32 Å². The number of hydrogen-bond acceptors (Lipinski definition) is 2. The lowest BCUT2D eigenvalue weighted by atomic mass is 9.96. The summed E-state index contributed by atoms with van der Waals surface area (Å²) in [5, 5.41) is 0. The molecule has 0 aromatic heterocycles. The van der Waals surface area contributed by atoms with Crippen LogP contribution in [0.1, 0.15) is 18.9 Å². The van der Waals surface area contributed by atoms with E-state index in [1.165, 1.54) is 0 Å². The van der Waals surface area contributed by atoms with E-state index in [4.69, 9.17) is 4.74 Å². The number of benzene rings is 2. The van der Waals surface area contributed by atoms with E-state index in [-0.39, 0.29) is 5.97 Å². The Labute approximate surface area is 163 Å². The predicted molar refractivity (Wildman–Crippen MR) is 103 cm³/mol. The fraction of sp³-hybridized carbons (Fsp3) is 0.188. The van der Waals surface area contributed by atoms with Gasteiger partial charge in [-0.3, -0.25) is 0 Å². The molecular weight excluding hydrogens is 544 g/mol. The van der Waals surface area contributed by atoms with Gasteiger partial charge in [0.25, 0.3) is 0 Å². The molecule has 0 bridgehead atoms. The van der Waals surface area contributed by atoms with E-state index >= 15 is 0 Å². The molecule has 2 aromatic carbocycles. The second-order valence-corrected chi connectivity index (χ2v) is 8.59. The van der Waals surface area contributed by atoms with Gasteiger partial charge in [0.2, 0.25) is 0 Å². The lowest BCUT2D eigenvalue weighted by molar-refractivity contribution is -0.137. The van der Waals surface area contributed by atoms with Crippen molar-refractivity contribution in [1.29, 1.82) is 0 Å². The Hall–Kier alpha value is -0.170. The Morgan fingerprint density at radius 3 is 2.14 bits per heavy atom. The molecular formula is C16H12Br4O2. The molecule has 0 N–H and O–H groups in total. The molecule has 2 rings (SSSR count). The maximum absolute atomic E-state index is 12.7. The van der Waals surface area contributed by atoms with Crippen LogP contribution in [0.3, 0.4) is 0 Å². The second-order valence-electron chi connectivity index (χ2n) is 4.61. The third kappa shape index (κ3) is 3.83. The van der Waals surface area contributed by atoms with Crippen LogP contribution in [0.4, 0.5) is 0 Å². The van der Waals surface area contributed by atoms with Gasteiger partial charge in [-0.2, -0.15) is 0 Å². The summed E-state index contributed by atoms with van der Waals surface area (Å²) in [5.74, 6) is 0.103. The van der Waals surface area contributed by atoms with Gasteiger partial charge in [0.05, 0.1) is 8.95 Å². The third-order valence-corrected chi connectivity index (χ3v) is 6.18. The van der Waals surface area contributed by atoms with Crippen molar-refractivity contribution in [2.45, 2.75) is 17.7 Å². The van der Waals surface area contributed by atoms with E-state index in [1.54, 1.807) is 0 Å². The van der Waals surface area contributed by atoms with Gasteiger partial charge in [0, 0.05) is 4.47 Å². The number of halogens is 4. The highest BCUT2D eigenvalue weighted by Crippen LogP contribution is 2.41. The Morgan fingerprint density at radius 1 is 1.09 bits per heavy atom. The van der Waals surface area contributed by atoms with E-state index in [2.05, 4.69) is 63.7 Å². The standard InChI is InChI=1S/C16H12Br4O2/c1-2-16(20,10-6-4-3-5-7-10)15(21)22-14-12(18)8-11(17)9-13(14)19/h3-9H,2H2,1H3/t16-/m1/s1. The first-order valence-corrected chi connectivity index (χ1v) is 9.67. The monoisotopic (exact) mass is 552 g/mol. The molecule has 0 spiro atoms. The molecule has 0 saturated heterocycles.